The van der Waals surface area contributed by atoms with Crippen molar-refractivity contribution in [3.05, 3.63) is 81.7 Å². The minimum Gasteiger partial charge on any atom is -0.380 e. The van der Waals surface area contributed by atoms with E-state index in [1.165, 1.54) is 11.3 Å². The van der Waals surface area contributed by atoms with Gasteiger partial charge >= 0.3 is 0 Å². The van der Waals surface area contributed by atoms with E-state index in [1.54, 1.807) is 6.20 Å². The second-order valence-electron chi connectivity index (χ2n) is 5.52. The van der Waals surface area contributed by atoms with Crippen molar-refractivity contribution in [1.82, 2.24) is 14.7 Å². The first kappa shape index (κ1) is 16.1. The molecule has 0 aliphatic heterocycles. The molecule has 0 aliphatic rings. The summed E-state index contributed by atoms with van der Waals surface area (Å²) in [6, 6.07) is 13.1. The third kappa shape index (κ3) is 3.37. The number of aliphatic hydroxyl groups excluding tert-OH is 1. The standard InChI is InChI=1S/C18H14ClN3O2S/c19-13-5-3-12(4-6-13)15-10-14(24-21-15)11-22-8-7-20-18(22)17(23)16-2-1-9-25-16/h1-10,17,23H,11H2/t17-/m1/s1. The first-order valence-electron chi connectivity index (χ1n) is 7.65. The van der Waals surface area contributed by atoms with Crippen molar-refractivity contribution >= 4 is 22.9 Å². The normalized spacial score (nSPS) is 12.4. The van der Waals surface area contributed by atoms with Gasteiger partial charge in [0.25, 0.3) is 0 Å². The zero-order valence-electron chi connectivity index (χ0n) is 13.0. The summed E-state index contributed by atoms with van der Waals surface area (Å²) in [5.74, 6) is 1.26. The van der Waals surface area contributed by atoms with Crippen LogP contribution < -0.4 is 0 Å². The molecule has 25 heavy (non-hydrogen) atoms. The smallest absolute Gasteiger partial charge is 0.157 e. The fourth-order valence-corrected chi connectivity index (χ4v) is 3.42. The molecule has 5 nitrogen and oxygen atoms in total. The predicted octanol–water partition coefficient (Wildman–Crippen LogP) is 4.38. The van der Waals surface area contributed by atoms with Gasteiger partial charge in [0.1, 0.15) is 17.6 Å². The van der Waals surface area contributed by atoms with E-state index in [4.69, 9.17) is 16.1 Å². The van der Waals surface area contributed by atoms with Crippen LogP contribution >= 0.6 is 22.9 Å². The maximum absolute atomic E-state index is 10.5. The molecule has 0 bridgehead atoms. The van der Waals surface area contributed by atoms with Crippen LogP contribution in [0.4, 0.5) is 0 Å². The number of thiophene rings is 1. The lowest BCUT2D eigenvalue weighted by Gasteiger charge is -2.10. The highest BCUT2D eigenvalue weighted by Gasteiger charge is 2.18. The first-order chi connectivity index (χ1) is 12.2. The minimum absolute atomic E-state index is 0.443. The van der Waals surface area contributed by atoms with Crippen LogP contribution in [-0.4, -0.2) is 19.8 Å². The molecule has 7 heteroatoms. The number of halogens is 1. The van der Waals surface area contributed by atoms with Gasteiger partial charge in [-0.3, -0.25) is 0 Å². The van der Waals surface area contributed by atoms with E-state index < -0.39 is 6.10 Å². The minimum atomic E-state index is -0.756. The molecule has 126 valence electrons. The zero-order chi connectivity index (χ0) is 17.2. The molecule has 3 aromatic heterocycles. The number of hydrogen-bond acceptors (Lipinski definition) is 5. The Labute approximate surface area is 153 Å². The fourth-order valence-electron chi connectivity index (χ4n) is 2.59. The Bertz CT molecular complexity index is 961. The zero-order valence-corrected chi connectivity index (χ0v) is 14.6. The molecule has 0 radical (unpaired) electrons. The molecule has 4 rings (SSSR count). The average Bonchev–Trinajstić information content (AvgIpc) is 3.37. The van der Waals surface area contributed by atoms with Gasteiger partial charge in [0.15, 0.2) is 5.76 Å². The highest BCUT2D eigenvalue weighted by molar-refractivity contribution is 7.10. The number of rotatable bonds is 5. The highest BCUT2D eigenvalue weighted by atomic mass is 35.5. The molecule has 0 amide bonds. The van der Waals surface area contributed by atoms with Gasteiger partial charge in [-0.1, -0.05) is 35.0 Å². The van der Waals surface area contributed by atoms with Crippen molar-refractivity contribution in [2.45, 2.75) is 12.6 Å². The maximum Gasteiger partial charge on any atom is 0.157 e. The summed E-state index contributed by atoms with van der Waals surface area (Å²) in [5.41, 5.74) is 1.68. The fraction of sp³-hybridized carbons (Fsp3) is 0.111. The van der Waals surface area contributed by atoms with Crippen LogP contribution in [0.25, 0.3) is 11.3 Å². The van der Waals surface area contributed by atoms with E-state index in [9.17, 15) is 5.11 Å². The molecule has 0 saturated carbocycles. The lowest BCUT2D eigenvalue weighted by molar-refractivity contribution is 0.208. The van der Waals surface area contributed by atoms with Crippen LogP contribution in [0.3, 0.4) is 0 Å². The predicted molar refractivity (Wildman–Crippen MR) is 96.7 cm³/mol. The van der Waals surface area contributed by atoms with E-state index >= 15 is 0 Å². The molecule has 1 aromatic carbocycles. The molecule has 0 fully saturated rings. The molecule has 0 saturated heterocycles. The Balaban J connectivity index is 1.56. The van der Waals surface area contributed by atoms with E-state index in [1.807, 2.05) is 58.6 Å². The van der Waals surface area contributed by atoms with Crippen molar-refractivity contribution < 1.29 is 9.63 Å². The van der Waals surface area contributed by atoms with Crippen LogP contribution in [0.5, 0.6) is 0 Å². The molecule has 3 heterocycles. The summed E-state index contributed by atoms with van der Waals surface area (Å²) in [6.07, 6.45) is 2.73. The summed E-state index contributed by atoms with van der Waals surface area (Å²) in [4.78, 5) is 5.14. The number of nitrogens with zero attached hydrogens (tertiary/aromatic N) is 3. The SMILES string of the molecule is O[C@H](c1cccs1)c1nccn1Cc1cc(-c2ccc(Cl)cc2)no1. The lowest BCUT2D eigenvalue weighted by atomic mass is 10.1. The van der Waals surface area contributed by atoms with Crippen molar-refractivity contribution in [2.24, 2.45) is 0 Å². The van der Waals surface area contributed by atoms with E-state index in [0.717, 1.165) is 16.1 Å². The molecular formula is C18H14ClN3O2S. The van der Waals surface area contributed by atoms with Crippen molar-refractivity contribution in [3.8, 4) is 11.3 Å². The Hall–Kier alpha value is -2.41. The molecule has 4 aromatic rings. The molecule has 1 N–H and O–H groups in total. The molecule has 0 unspecified atom stereocenters. The summed E-state index contributed by atoms with van der Waals surface area (Å²) in [5, 5.41) is 17.2. The second kappa shape index (κ2) is 6.84. The lowest BCUT2D eigenvalue weighted by Crippen LogP contribution is -2.09. The number of aromatic nitrogens is 3. The van der Waals surface area contributed by atoms with Crippen LogP contribution in [0.15, 0.2) is 64.8 Å². The number of aliphatic hydroxyl groups is 1. The third-order valence-corrected chi connectivity index (χ3v) is 5.01. The largest absolute Gasteiger partial charge is 0.380 e. The summed E-state index contributed by atoms with van der Waals surface area (Å²) in [7, 11) is 0. The molecular weight excluding hydrogens is 358 g/mol. The van der Waals surface area contributed by atoms with Crippen molar-refractivity contribution in [3.63, 3.8) is 0 Å². The van der Waals surface area contributed by atoms with Crippen LogP contribution in [-0.2, 0) is 6.54 Å². The van der Waals surface area contributed by atoms with E-state index in [0.29, 0.717) is 23.2 Å². The van der Waals surface area contributed by atoms with Crippen molar-refractivity contribution in [1.29, 1.82) is 0 Å². The Kier molecular flexibility index (Phi) is 4.40. The van der Waals surface area contributed by atoms with Crippen LogP contribution in [0.2, 0.25) is 5.02 Å². The highest BCUT2D eigenvalue weighted by Crippen LogP contribution is 2.26. The van der Waals surface area contributed by atoms with Gasteiger partial charge in [0.2, 0.25) is 0 Å². The Morgan fingerprint density at radius 3 is 2.84 bits per heavy atom. The van der Waals surface area contributed by atoms with E-state index in [-0.39, 0.29) is 0 Å². The van der Waals surface area contributed by atoms with Gasteiger partial charge < -0.3 is 14.2 Å². The van der Waals surface area contributed by atoms with Gasteiger partial charge in [0, 0.05) is 33.9 Å². The van der Waals surface area contributed by atoms with Crippen molar-refractivity contribution in [2.75, 3.05) is 0 Å². The van der Waals surface area contributed by atoms with Gasteiger partial charge in [-0.25, -0.2) is 4.98 Å². The quantitative estimate of drug-likeness (QED) is 0.565. The van der Waals surface area contributed by atoms with Crippen LogP contribution in [0, 0.1) is 0 Å². The molecule has 1 atom stereocenters. The average molecular weight is 372 g/mol. The van der Waals surface area contributed by atoms with Gasteiger partial charge in [-0.2, -0.15) is 0 Å². The topological polar surface area (TPSA) is 64.1 Å². The summed E-state index contributed by atoms with van der Waals surface area (Å²) < 4.78 is 7.30. The van der Waals surface area contributed by atoms with Gasteiger partial charge in [0.05, 0.1) is 6.54 Å². The van der Waals surface area contributed by atoms with E-state index in [2.05, 4.69) is 10.1 Å². The van der Waals surface area contributed by atoms with Gasteiger partial charge in [-0.05, 0) is 23.6 Å². The Morgan fingerprint density at radius 1 is 1.24 bits per heavy atom. The first-order valence-corrected chi connectivity index (χ1v) is 8.90. The van der Waals surface area contributed by atoms with Gasteiger partial charge in [-0.15, -0.1) is 11.3 Å². The summed E-state index contributed by atoms with van der Waals surface area (Å²) in [6.45, 7) is 0.443. The number of imidazole rings is 1. The summed E-state index contributed by atoms with van der Waals surface area (Å²) >= 11 is 7.41. The second-order valence-corrected chi connectivity index (χ2v) is 6.93. The van der Waals surface area contributed by atoms with Crippen LogP contribution in [0.1, 0.15) is 22.6 Å². The third-order valence-electron chi connectivity index (χ3n) is 3.83. The number of hydrogen-bond donors (Lipinski definition) is 1. The monoisotopic (exact) mass is 371 g/mol. The number of benzene rings is 1. The maximum atomic E-state index is 10.5. The Morgan fingerprint density at radius 2 is 2.08 bits per heavy atom. The molecule has 0 aliphatic carbocycles. The molecule has 0 spiro atoms.